The van der Waals surface area contributed by atoms with Crippen molar-refractivity contribution in [1.29, 1.82) is 0 Å². The predicted molar refractivity (Wildman–Crippen MR) is 84.4 cm³/mol. The Kier molecular flexibility index (Phi) is 4.16. The van der Waals surface area contributed by atoms with Crippen molar-refractivity contribution in [3.8, 4) is 0 Å². The molecule has 2 aliphatic heterocycles. The molecule has 5 nitrogen and oxygen atoms in total. The molecule has 22 heavy (non-hydrogen) atoms. The normalized spacial score (nSPS) is 22.1. The first-order valence-corrected chi connectivity index (χ1v) is 8.01. The minimum absolute atomic E-state index is 0.0466. The highest BCUT2D eigenvalue weighted by Gasteiger charge is 2.38. The summed E-state index contributed by atoms with van der Waals surface area (Å²) in [6.45, 7) is 3.56. The molecule has 118 valence electrons. The second-order valence-corrected chi connectivity index (χ2v) is 6.07. The van der Waals surface area contributed by atoms with Crippen molar-refractivity contribution in [1.82, 2.24) is 4.90 Å². The highest BCUT2D eigenvalue weighted by Crippen LogP contribution is 2.27. The molecule has 2 aliphatic rings. The number of carbonyl (C=O) groups excluding carboxylic acids is 1. The molecule has 2 heterocycles. The minimum Gasteiger partial charge on any atom is -0.480 e. The van der Waals surface area contributed by atoms with E-state index in [9.17, 15) is 14.7 Å². The average molecular weight is 302 g/mol. The topological polar surface area (TPSA) is 69.6 Å². The van der Waals surface area contributed by atoms with E-state index in [1.54, 1.807) is 0 Å². The van der Waals surface area contributed by atoms with Gasteiger partial charge in [0.1, 0.15) is 6.04 Å². The Balaban J connectivity index is 1.84. The van der Waals surface area contributed by atoms with Crippen LogP contribution in [-0.4, -0.2) is 46.9 Å². The zero-order valence-electron chi connectivity index (χ0n) is 12.8. The number of ketones is 1. The Morgan fingerprint density at radius 3 is 3.00 bits per heavy atom. The smallest absolute Gasteiger partial charge is 0.320 e. The molecule has 2 N–H and O–H groups in total. The zero-order valence-corrected chi connectivity index (χ0v) is 12.8. The lowest BCUT2D eigenvalue weighted by Crippen LogP contribution is -2.46. The van der Waals surface area contributed by atoms with Gasteiger partial charge < -0.3 is 10.4 Å². The molecule has 1 aromatic carbocycles. The molecule has 2 atom stereocenters. The third kappa shape index (κ3) is 2.61. The Labute approximate surface area is 130 Å². The third-order valence-electron chi connectivity index (χ3n) is 4.77. The van der Waals surface area contributed by atoms with Gasteiger partial charge in [-0.1, -0.05) is 6.92 Å². The van der Waals surface area contributed by atoms with Gasteiger partial charge in [-0.2, -0.15) is 0 Å². The molecule has 0 aromatic heterocycles. The van der Waals surface area contributed by atoms with E-state index in [1.807, 2.05) is 30.0 Å². The Bertz CT molecular complexity index is 600. The summed E-state index contributed by atoms with van der Waals surface area (Å²) in [5.74, 6) is -0.771. The minimum atomic E-state index is -0.818. The molecule has 0 radical (unpaired) electrons. The molecule has 3 rings (SSSR count). The van der Waals surface area contributed by atoms with Gasteiger partial charge in [-0.3, -0.25) is 14.5 Å². The maximum absolute atomic E-state index is 12.9. The molecule has 1 saturated heterocycles. The van der Waals surface area contributed by atoms with Gasteiger partial charge in [0, 0.05) is 17.8 Å². The first kappa shape index (κ1) is 15.0. The van der Waals surface area contributed by atoms with Gasteiger partial charge in [0.25, 0.3) is 0 Å². The molecule has 0 amide bonds. The summed E-state index contributed by atoms with van der Waals surface area (Å²) in [5.41, 5.74) is 2.98. The van der Waals surface area contributed by atoms with E-state index in [1.165, 1.54) is 5.56 Å². The van der Waals surface area contributed by atoms with Gasteiger partial charge in [0.15, 0.2) is 5.78 Å². The average Bonchev–Trinajstić information content (AvgIpc) is 3.16. The summed E-state index contributed by atoms with van der Waals surface area (Å²) >= 11 is 0. The van der Waals surface area contributed by atoms with Crippen LogP contribution in [0.4, 0.5) is 5.69 Å². The molecular formula is C17H22N2O3. The van der Waals surface area contributed by atoms with Crippen molar-refractivity contribution in [3.63, 3.8) is 0 Å². The van der Waals surface area contributed by atoms with Crippen LogP contribution in [0.25, 0.3) is 0 Å². The van der Waals surface area contributed by atoms with Gasteiger partial charge in [0.2, 0.25) is 0 Å². The van der Waals surface area contributed by atoms with E-state index in [4.69, 9.17) is 0 Å². The lowest BCUT2D eigenvalue weighted by molar-refractivity contribution is -0.142. The van der Waals surface area contributed by atoms with Gasteiger partial charge >= 0.3 is 5.97 Å². The van der Waals surface area contributed by atoms with E-state index in [0.717, 1.165) is 25.1 Å². The first-order chi connectivity index (χ1) is 10.6. The molecule has 0 spiro atoms. The Hall–Kier alpha value is -1.88. The number of carbonyl (C=O) groups is 2. The number of carboxylic acid groups (broad SMARTS) is 1. The molecule has 1 fully saturated rings. The van der Waals surface area contributed by atoms with E-state index >= 15 is 0 Å². The fraction of sp³-hybridized carbons (Fsp3) is 0.529. The van der Waals surface area contributed by atoms with Crippen molar-refractivity contribution >= 4 is 17.4 Å². The SMILES string of the molecule is CCC(C(=O)c1ccc2c(c1)CCN2)N1CCCC1C(=O)O. The highest BCUT2D eigenvalue weighted by molar-refractivity contribution is 6.01. The van der Waals surface area contributed by atoms with Crippen LogP contribution in [-0.2, 0) is 11.2 Å². The third-order valence-corrected chi connectivity index (χ3v) is 4.77. The summed E-state index contributed by atoms with van der Waals surface area (Å²) in [4.78, 5) is 26.1. The van der Waals surface area contributed by atoms with Gasteiger partial charge in [-0.05, 0) is 56.0 Å². The number of fused-ring (bicyclic) bond motifs is 1. The van der Waals surface area contributed by atoms with Crippen molar-refractivity contribution < 1.29 is 14.7 Å². The van der Waals surface area contributed by atoms with Crippen molar-refractivity contribution in [2.75, 3.05) is 18.4 Å². The van der Waals surface area contributed by atoms with Crippen LogP contribution in [0.3, 0.4) is 0 Å². The second-order valence-electron chi connectivity index (χ2n) is 6.07. The summed E-state index contributed by atoms with van der Waals surface area (Å²) < 4.78 is 0. The van der Waals surface area contributed by atoms with Crippen LogP contribution in [0.5, 0.6) is 0 Å². The molecule has 0 saturated carbocycles. The summed E-state index contributed by atoms with van der Waals surface area (Å²) in [6.07, 6.45) is 3.05. The standard InChI is InChI=1S/C17H22N2O3/c1-2-14(19-9-3-4-15(19)17(21)22)16(20)12-5-6-13-11(10-12)7-8-18-13/h5-6,10,14-15,18H,2-4,7-9H2,1H3,(H,21,22). The quantitative estimate of drug-likeness (QED) is 0.816. The van der Waals surface area contributed by atoms with Gasteiger partial charge in [-0.15, -0.1) is 0 Å². The van der Waals surface area contributed by atoms with Crippen LogP contribution in [0, 0.1) is 0 Å². The number of benzene rings is 1. The molecule has 5 heteroatoms. The van der Waals surface area contributed by atoms with Crippen LogP contribution in [0.2, 0.25) is 0 Å². The number of Topliss-reactive ketones (excluding diaryl/α,β-unsaturated/α-hetero) is 1. The monoisotopic (exact) mass is 302 g/mol. The Morgan fingerprint density at radius 2 is 2.27 bits per heavy atom. The fourth-order valence-electron chi connectivity index (χ4n) is 3.65. The number of aliphatic carboxylic acids is 1. The predicted octanol–water partition coefficient (Wildman–Crippen LogP) is 2.16. The van der Waals surface area contributed by atoms with E-state index in [2.05, 4.69) is 5.32 Å². The largest absolute Gasteiger partial charge is 0.480 e. The lowest BCUT2D eigenvalue weighted by Gasteiger charge is -2.29. The van der Waals surface area contributed by atoms with Crippen molar-refractivity contribution in [2.45, 2.75) is 44.7 Å². The maximum atomic E-state index is 12.9. The highest BCUT2D eigenvalue weighted by atomic mass is 16.4. The number of rotatable bonds is 5. The van der Waals surface area contributed by atoms with Gasteiger partial charge in [-0.25, -0.2) is 0 Å². The van der Waals surface area contributed by atoms with Crippen LogP contribution < -0.4 is 5.32 Å². The summed E-state index contributed by atoms with van der Waals surface area (Å²) in [7, 11) is 0. The van der Waals surface area contributed by atoms with Crippen LogP contribution in [0.15, 0.2) is 18.2 Å². The second kappa shape index (κ2) is 6.08. The molecule has 0 aliphatic carbocycles. The number of likely N-dealkylation sites (tertiary alicyclic amines) is 1. The fourth-order valence-corrected chi connectivity index (χ4v) is 3.65. The molecule has 1 aromatic rings. The number of carboxylic acids is 1. The number of hydrogen-bond acceptors (Lipinski definition) is 4. The summed E-state index contributed by atoms with van der Waals surface area (Å²) in [6, 6.07) is 4.92. The molecule has 0 bridgehead atoms. The van der Waals surface area contributed by atoms with Crippen molar-refractivity contribution in [3.05, 3.63) is 29.3 Å². The summed E-state index contributed by atoms with van der Waals surface area (Å²) in [5, 5.41) is 12.6. The van der Waals surface area contributed by atoms with Crippen LogP contribution >= 0.6 is 0 Å². The number of nitrogens with zero attached hydrogens (tertiary/aromatic N) is 1. The number of anilines is 1. The number of hydrogen-bond donors (Lipinski definition) is 2. The molecular weight excluding hydrogens is 280 g/mol. The van der Waals surface area contributed by atoms with Crippen LogP contribution in [0.1, 0.15) is 42.1 Å². The van der Waals surface area contributed by atoms with Gasteiger partial charge in [0.05, 0.1) is 6.04 Å². The zero-order chi connectivity index (χ0) is 15.7. The maximum Gasteiger partial charge on any atom is 0.320 e. The lowest BCUT2D eigenvalue weighted by atomic mass is 9.97. The van der Waals surface area contributed by atoms with Crippen molar-refractivity contribution in [2.24, 2.45) is 0 Å². The molecule has 2 unspecified atom stereocenters. The van der Waals surface area contributed by atoms with E-state index in [0.29, 0.717) is 24.9 Å². The first-order valence-electron chi connectivity index (χ1n) is 8.01. The van der Waals surface area contributed by atoms with E-state index in [-0.39, 0.29) is 11.8 Å². The Morgan fingerprint density at radius 1 is 1.45 bits per heavy atom. The van der Waals surface area contributed by atoms with E-state index < -0.39 is 12.0 Å². The number of nitrogens with one attached hydrogen (secondary N) is 1.